The molecule has 0 atom stereocenters. The number of nitro groups is 2. The highest BCUT2D eigenvalue weighted by Crippen LogP contribution is 2.27. The van der Waals surface area contributed by atoms with Gasteiger partial charge in [0.25, 0.3) is 11.4 Å². The molecular formula is C13H8N4O4. The molecule has 0 amide bonds. The molecule has 0 fully saturated rings. The zero-order valence-electron chi connectivity index (χ0n) is 10.5. The lowest BCUT2D eigenvalue weighted by molar-refractivity contribution is -0.384. The highest BCUT2D eigenvalue weighted by Gasteiger charge is 2.12. The lowest BCUT2D eigenvalue weighted by Crippen LogP contribution is -1.87. The molecule has 0 aliphatic carbocycles. The van der Waals surface area contributed by atoms with Crippen molar-refractivity contribution < 1.29 is 9.85 Å². The van der Waals surface area contributed by atoms with Gasteiger partial charge in [0, 0.05) is 12.1 Å². The molecule has 0 aliphatic rings. The fourth-order valence-electron chi connectivity index (χ4n) is 1.56. The Labute approximate surface area is 118 Å². The van der Waals surface area contributed by atoms with Gasteiger partial charge < -0.3 is 0 Å². The third kappa shape index (κ3) is 3.34. The summed E-state index contributed by atoms with van der Waals surface area (Å²) in [6, 6.07) is 13.9. The van der Waals surface area contributed by atoms with Crippen LogP contribution < -0.4 is 0 Å². The van der Waals surface area contributed by atoms with Crippen LogP contribution in [0.2, 0.25) is 0 Å². The van der Waals surface area contributed by atoms with Gasteiger partial charge >= 0.3 is 0 Å². The zero-order valence-corrected chi connectivity index (χ0v) is 10.5. The minimum atomic E-state index is -0.578. The summed E-state index contributed by atoms with van der Waals surface area (Å²) < 4.78 is 0. The van der Waals surface area contributed by atoms with Gasteiger partial charge in [-0.1, -0.05) is 24.3 Å². The first-order valence-corrected chi connectivity index (χ1v) is 5.73. The Morgan fingerprint density at radius 3 is 1.52 bits per heavy atom. The van der Waals surface area contributed by atoms with E-state index in [9.17, 15) is 20.2 Å². The van der Waals surface area contributed by atoms with Crippen LogP contribution in [-0.2, 0) is 0 Å². The van der Waals surface area contributed by atoms with Crippen molar-refractivity contribution in [3.63, 3.8) is 0 Å². The summed E-state index contributed by atoms with van der Waals surface area (Å²) in [5.74, 6) is 0. The van der Waals surface area contributed by atoms with Crippen LogP contribution in [0.4, 0.5) is 22.7 Å². The number of hydrogen-bond acceptors (Lipinski definition) is 6. The molecule has 0 aliphatic heterocycles. The van der Waals surface area contributed by atoms with E-state index in [2.05, 4.69) is 16.0 Å². The predicted molar refractivity (Wildman–Crippen MR) is 75.4 cm³/mol. The zero-order chi connectivity index (χ0) is 15.2. The van der Waals surface area contributed by atoms with Crippen LogP contribution in [0.5, 0.6) is 0 Å². The van der Waals surface area contributed by atoms with E-state index in [0.717, 1.165) is 0 Å². The summed E-state index contributed by atoms with van der Waals surface area (Å²) in [5.41, 5.74) is -0.236. The maximum Gasteiger partial charge on any atom is 0.295 e. The van der Waals surface area contributed by atoms with Gasteiger partial charge in [-0.05, 0) is 12.1 Å². The van der Waals surface area contributed by atoms with Crippen LogP contribution >= 0.6 is 0 Å². The van der Waals surface area contributed by atoms with Crippen molar-refractivity contribution in [2.24, 2.45) is 9.98 Å². The molecule has 0 heterocycles. The Bertz CT molecular complexity index is 705. The van der Waals surface area contributed by atoms with E-state index >= 15 is 0 Å². The SMILES string of the molecule is O=[N+]([O-])c1ccccc1N=C=Nc1ccccc1[N+](=O)[O-]. The average Bonchev–Trinajstić information content (AvgIpc) is 2.48. The van der Waals surface area contributed by atoms with Crippen molar-refractivity contribution in [1.82, 2.24) is 0 Å². The lowest BCUT2D eigenvalue weighted by Gasteiger charge is -1.94. The van der Waals surface area contributed by atoms with E-state index in [1.54, 1.807) is 12.1 Å². The Kier molecular flexibility index (Phi) is 4.13. The molecular weight excluding hydrogens is 276 g/mol. The molecule has 2 aromatic carbocycles. The molecule has 0 radical (unpaired) electrons. The molecule has 104 valence electrons. The first kappa shape index (κ1) is 14.0. The van der Waals surface area contributed by atoms with E-state index in [1.165, 1.54) is 36.4 Å². The summed E-state index contributed by atoms with van der Waals surface area (Å²) in [6.45, 7) is 0. The summed E-state index contributed by atoms with van der Waals surface area (Å²) >= 11 is 0. The summed E-state index contributed by atoms with van der Waals surface area (Å²) in [5, 5.41) is 21.6. The van der Waals surface area contributed by atoms with Crippen LogP contribution in [0.25, 0.3) is 0 Å². The van der Waals surface area contributed by atoms with Gasteiger partial charge in [0.05, 0.1) is 9.85 Å². The van der Waals surface area contributed by atoms with Crippen LogP contribution in [0.3, 0.4) is 0 Å². The molecule has 0 bridgehead atoms. The Hall–Kier alpha value is -3.38. The number of hydrogen-bond donors (Lipinski definition) is 0. The van der Waals surface area contributed by atoms with Gasteiger partial charge in [-0.25, -0.2) is 0 Å². The van der Waals surface area contributed by atoms with Crippen molar-refractivity contribution in [3.8, 4) is 0 Å². The molecule has 0 aromatic heterocycles. The van der Waals surface area contributed by atoms with Gasteiger partial charge in [-0.2, -0.15) is 9.98 Å². The van der Waals surface area contributed by atoms with Crippen molar-refractivity contribution >= 4 is 28.8 Å². The number of aliphatic imine (C=N–C) groups is 2. The smallest absolute Gasteiger partial charge is 0.258 e. The second kappa shape index (κ2) is 6.18. The third-order valence-electron chi connectivity index (χ3n) is 2.50. The number of nitrogens with zero attached hydrogens (tertiary/aromatic N) is 4. The van der Waals surface area contributed by atoms with E-state index in [-0.39, 0.29) is 22.7 Å². The molecule has 0 saturated heterocycles. The second-order valence-electron chi connectivity index (χ2n) is 3.82. The highest BCUT2D eigenvalue weighted by atomic mass is 16.6. The summed E-state index contributed by atoms with van der Waals surface area (Å²) in [6.07, 6.45) is 0. The van der Waals surface area contributed by atoms with Gasteiger partial charge in [0.2, 0.25) is 0 Å². The second-order valence-corrected chi connectivity index (χ2v) is 3.82. The number of nitro benzene ring substituents is 2. The summed E-state index contributed by atoms with van der Waals surface area (Å²) in [4.78, 5) is 27.9. The monoisotopic (exact) mass is 284 g/mol. The average molecular weight is 284 g/mol. The fraction of sp³-hybridized carbons (Fsp3) is 0. The Morgan fingerprint density at radius 2 is 1.14 bits per heavy atom. The van der Waals surface area contributed by atoms with Gasteiger partial charge in [0.15, 0.2) is 11.4 Å². The topological polar surface area (TPSA) is 111 Å². The van der Waals surface area contributed by atoms with E-state index in [4.69, 9.17) is 0 Å². The molecule has 8 heteroatoms. The summed E-state index contributed by atoms with van der Waals surface area (Å²) in [7, 11) is 0. The largest absolute Gasteiger partial charge is 0.295 e. The quantitative estimate of drug-likeness (QED) is 0.484. The van der Waals surface area contributed by atoms with Crippen LogP contribution in [0, 0.1) is 20.2 Å². The molecule has 8 nitrogen and oxygen atoms in total. The third-order valence-corrected chi connectivity index (χ3v) is 2.50. The maximum atomic E-state index is 10.8. The number of rotatable bonds is 4. The van der Waals surface area contributed by atoms with E-state index in [0.29, 0.717) is 0 Å². The first-order chi connectivity index (χ1) is 10.1. The van der Waals surface area contributed by atoms with Crippen molar-refractivity contribution in [1.29, 1.82) is 0 Å². The van der Waals surface area contributed by atoms with Crippen molar-refractivity contribution in [3.05, 3.63) is 68.8 Å². The van der Waals surface area contributed by atoms with Crippen LogP contribution in [0.1, 0.15) is 0 Å². The van der Waals surface area contributed by atoms with Crippen molar-refractivity contribution in [2.75, 3.05) is 0 Å². The normalized spacial score (nSPS) is 9.52. The minimum absolute atomic E-state index is 0.0739. The molecule has 0 saturated carbocycles. The Morgan fingerprint density at radius 1 is 0.762 bits per heavy atom. The van der Waals surface area contributed by atoms with Gasteiger partial charge in [0.1, 0.15) is 6.01 Å². The maximum absolute atomic E-state index is 10.8. The fourth-order valence-corrected chi connectivity index (χ4v) is 1.56. The number of para-hydroxylation sites is 4. The molecule has 0 unspecified atom stereocenters. The van der Waals surface area contributed by atoms with Gasteiger partial charge in [-0.15, -0.1) is 0 Å². The van der Waals surface area contributed by atoms with E-state index in [1.807, 2.05) is 0 Å². The van der Waals surface area contributed by atoms with E-state index < -0.39 is 9.85 Å². The molecule has 0 N–H and O–H groups in total. The highest BCUT2D eigenvalue weighted by molar-refractivity contribution is 5.67. The lowest BCUT2D eigenvalue weighted by atomic mass is 10.3. The van der Waals surface area contributed by atoms with Gasteiger partial charge in [-0.3, -0.25) is 20.2 Å². The van der Waals surface area contributed by atoms with Crippen LogP contribution in [0.15, 0.2) is 58.5 Å². The van der Waals surface area contributed by atoms with Crippen LogP contribution in [-0.4, -0.2) is 15.9 Å². The van der Waals surface area contributed by atoms with Crippen molar-refractivity contribution in [2.45, 2.75) is 0 Å². The standard InChI is InChI=1S/C13H8N4O4/c18-16(19)12-7-3-1-5-10(12)14-9-15-11-6-2-4-8-13(11)17(20)21/h1-8H. The first-order valence-electron chi connectivity index (χ1n) is 5.73. The molecule has 0 spiro atoms. The molecule has 2 aromatic rings. The number of benzene rings is 2. The predicted octanol–water partition coefficient (Wildman–Crippen LogP) is 3.64. The Balaban J connectivity index is 2.39. The molecule has 2 rings (SSSR count). The molecule has 21 heavy (non-hydrogen) atoms. The minimum Gasteiger partial charge on any atom is -0.258 e.